The van der Waals surface area contributed by atoms with Crippen LogP contribution in [0.15, 0.2) is 120 Å². The monoisotopic (exact) mass is 838 g/mol. The van der Waals surface area contributed by atoms with Gasteiger partial charge in [-0.3, -0.25) is 14.4 Å². The summed E-state index contributed by atoms with van der Waals surface area (Å²) in [5.41, 5.74) is 1.59. The lowest BCUT2D eigenvalue weighted by Gasteiger charge is -2.43. The molecule has 0 spiro atoms. The molecule has 13 heteroatoms. The Labute approximate surface area is 355 Å². The third-order valence-corrected chi connectivity index (χ3v) is 10.4. The first-order chi connectivity index (χ1) is 28.4. The maximum atomic E-state index is 13.1. The maximum absolute atomic E-state index is 13.1. The largest absolute Gasteiger partial charge is 0.461 e. The summed E-state index contributed by atoms with van der Waals surface area (Å²) in [6, 6.07) is 0. The number of methoxy groups -OCH3 is 2. The highest BCUT2D eigenvalue weighted by Crippen LogP contribution is 2.27. The number of hydrogen-bond donors (Lipinski definition) is 5. The van der Waals surface area contributed by atoms with E-state index in [1.54, 1.807) is 121 Å². The Morgan fingerprint density at radius 2 is 1.55 bits per heavy atom. The van der Waals surface area contributed by atoms with E-state index < -0.39 is 90.9 Å². The number of aliphatic hydroxyl groups excluding tert-OH is 5. The van der Waals surface area contributed by atoms with Crippen LogP contribution in [0.25, 0.3) is 0 Å². The molecule has 2 rings (SSSR count). The molecule has 0 saturated carbocycles. The second-order valence-electron chi connectivity index (χ2n) is 15.1. The van der Waals surface area contributed by atoms with Crippen LogP contribution in [0, 0.1) is 11.8 Å². The second kappa shape index (κ2) is 26.9. The van der Waals surface area contributed by atoms with E-state index in [1.165, 1.54) is 44.6 Å². The van der Waals surface area contributed by atoms with Crippen LogP contribution in [-0.4, -0.2) is 125 Å². The summed E-state index contributed by atoms with van der Waals surface area (Å²) in [5, 5.41) is 53.5. The van der Waals surface area contributed by atoms with Crippen molar-refractivity contribution in [2.24, 2.45) is 11.8 Å². The van der Waals surface area contributed by atoms with Gasteiger partial charge in [0.1, 0.15) is 30.5 Å². The summed E-state index contributed by atoms with van der Waals surface area (Å²) >= 11 is 0. The number of ether oxygens (including phenoxy) is 5. The zero-order valence-electron chi connectivity index (χ0n) is 36.2. The SMILES string of the molecule is CO[C@@H]1[C@H](O)[C@@H](OC)[C@H](O[C@@H](C)[C@@H](O)/C=C/C=C/C=C/C(=O)[C@@H](C)[C@@H](O)[C@H](C)C2C/C=C/C=C/C=C/[C@H](O)C(=O)/C(C)=C/C=C/C(C)=C/[C@@H](O)/C(C)=C/CC(=O)O2)O[C@@H]1C. The molecular formula is C47H66O13. The van der Waals surface area contributed by atoms with Crippen molar-refractivity contribution >= 4 is 17.5 Å². The molecule has 2 heterocycles. The van der Waals surface area contributed by atoms with Crippen molar-refractivity contribution < 1.29 is 63.6 Å². The Balaban J connectivity index is 2.11. The molecule has 13 atom stereocenters. The number of carbonyl (C=O) groups is 3. The zero-order chi connectivity index (χ0) is 44.9. The Kier molecular flexibility index (Phi) is 23.3. The molecule has 0 amide bonds. The summed E-state index contributed by atoms with van der Waals surface area (Å²) in [6.07, 6.45) is 17.1. The topological polar surface area (TPSA) is 199 Å². The fourth-order valence-corrected chi connectivity index (χ4v) is 6.31. The number of cyclic esters (lactones) is 1. The van der Waals surface area contributed by atoms with Gasteiger partial charge in [0.15, 0.2) is 17.9 Å². The van der Waals surface area contributed by atoms with Crippen LogP contribution in [0.5, 0.6) is 0 Å². The number of rotatable bonds is 13. The normalized spacial score (nSPS) is 34.3. The van der Waals surface area contributed by atoms with Crippen molar-refractivity contribution in [2.45, 2.75) is 129 Å². The number of ketones is 2. The van der Waals surface area contributed by atoms with Gasteiger partial charge in [0.05, 0.1) is 36.9 Å². The number of esters is 1. The van der Waals surface area contributed by atoms with Gasteiger partial charge in [0.25, 0.3) is 0 Å². The van der Waals surface area contributed by atoms with Crippen LogP contribution in [0.4, 0.5) is 0 Å². The maximum Gasteiger partial charge on any atom is 0.309 e. The van der Waals surface area contributed by atoms with Crippen molar-refractivity contribution in [1.82, 2.24) is 0 Å². The average Bonchev–Trinajstić information content (AvgIpc) is 3.21. The molecule has 0 bridgehead atoms. The van der Waals surface area contributed by atoms with Crippen LogP contribution in [-0.2, 0) is 38.1 Å². The Hall–Kier alpha value is -4.15. The lowest BCUT2D eigenvalue weighted by atomic mass is 9.85. The van der Waals surface area contributed by atoms with Crippen molar-refractivity contribution in [3.8, 4) is 0 Å². The number of Topliss-reactive ketones (excluding diaryl/α,β-unsaturated/α-hetero) is 1. The lowest BCUT2D eigenvalue weighted by Crippen LogP contribution is -2.59. The smallest absolute Gasteiger partial charge is 0.309 e. The fourth-order valence-electron chi connectivity index (χ4n) is 6.31. The van der Waals surface area contributed by atoms with Gasteiger partial charge < -0.3 is 49.2 Å². The zero-order valence-corrected chi connectivity index (χ0v) is 36.2. The van der Waals surface area contributed by atoms with Gasteiger partial charge >= 0.3 is 5.97 Å². The molecule has 2 aliphatic heterocycles. The van der Waals surface area contributed by atoms with Crippen molar-refractivity contribution in [1.29, 1.82) is 0 Å². The molecular weight excluding hydrogens is 773 g/mol. The highest BCUT2D eigenvalue weighted by molar-refractivity contribution is 5.99. The van der Waals surface area contributed by atoms with Crippen LogP contribution in [0.2, 0.25) is 0 Å². The van der Waals surface area contributed by atoms with E-state index in [-0.39, 0.29) is 18.6 Å². The lowest BCUT2D eigenvalue weighted by molar-refractivity contribution is -0.314. The van der Waals surface area contributed by atoms with E-state index in [0.29, 0.717) is 16.7 Å². The highest BCUT2D eigenvalue weighted by Gasteiger charge is 2.45. The number of hydrogen-bond acceptors (Lipinski definition) is 13. The highest BCUT2D eigenvalue weighted by atomic mass is 16.7. The molecule has 0 aliphatic carbocycles. The summed E-state index contributed by atoms with van der Waals surface area (Å²) in [5.74, 6) is -2.90. The first-order valence-electron chi connectivity index (χ1n) is 20.2. The molecule has 0 aromatic rings. The quantitative estimate of drug-likeness (QED) is 0.0734. The molecule has 2 aliphatic rings. The minimum Gasteiger partial charge on any atom is -0.461 e. The Morgan fingerprint density at radius 1 is 0.883 bits per heavy atom. The second-order valence-corrected chi connectivity index (χ2v) is 15.1. The van der Waals surface area contributed by atoms with Gasteiger partial charge in [0.2, 0.25) is 0 Å². The summed E-state index contributed by atoms with van der Waals surface area (Å²) in [6.45, 7) is 11.8. The first kappa shape index (κ1) is 52.0. The number of aliphatic hydroxyl groups is 5. The Bertz CT molecular complexity index is 1700. The van der Waals surface area contributed by atoms with Gasteiger partial charge in [-0.2, -0.15) is 0 Å². The molecule has 0 aromatic heterocycles. The van der Waals surface area contributed by atoms with Crippen LogP contribution in [0.1, 0.15) is 61.3 Å². The molecule has 332 valence electrons. The van der Waals surface area contributed by atoms with E-state index in [4.69, 9.17) is 23.7 Å². The van der Waals surface area contributed by atoms with E-state index in [1.807, 2.05) is 0 Å². The minimum atomic E-state index is -1.33. The fraction of sp³-hybridized carbons (Fsp3) is 0.511. The third kappa shape index (κ3) is 17.1. The molecule has 5 N–H and O–H groups in total. The van der Waals surface area contributed by atoms with Gasteiger partial charge in [-0.25, -0.2) is 0 Å². The molecule has 0 radical (unpaired) electrons. The van der Waals surface area contributed by atoms with Gasteiger partial charge in [0, 0.05) is 32.5 Å². The van der Waals surface area contributed by atoms with Crippen LogP contribution < -0.4 is 0 Å². The van der Waals surface area contributed by atoms with Crippen LogP contribution in [0.3, 0.4) is 0 Å². The molecule has 60 heavy (non-hydrogen) atoms. The molecule has 0 aromatic carbocycles. The standard InChI is InChI=1S/C47H66O13/c1-29-20-19-21-31(3)42(53)38(50)24-17-11-10-12-18-25-40(60-41(52)27-26-30(2)39(51)28-29)33(5)43(54)32(4)36(48)22-15-13-14-16-23-37(49)34(6)58-47-46(57-9)44(55)45(56-8)35(7)59-47/h10-24,26,28,32-35,37-40,43-47,49-51,54-55H,25,27H2,1-9H3/b11-10+,14-13+,18-12+,20-19+,22-15+,23-16+,24-17+,29-28+,30-26+,31-21+/t32-,33-,34+,35-,37+,38+,39-,40?,43-,44+,45+,46-,47-/m1/s1. The van der Waals surface area contributed by atoms with Crippen molar-refractivity contribution in [2.75, 3.05) is 14.2 Å². The number of allylic oxidation sites excluding steroid dienone is 13. The number of carbonyl (C=O) groups excluding carboxylic acids is 3. The van der Waals surface area contributed by atoms with Crippen LogP contribution >= 0.6 is 0 Å². The molecule has 1 fully saturated rings. The summed E-state index contributed by atoms with van der Waals surface area (Å²) < 4.78 is 28.2. The van der Waals surface area contributed by atoms with Gasteiger partial charge in [-0.05, 0) is 64.0 Å². The molecule has 13 nitrogen and oxygen atoms in total. The van der Waals surface area contributed by atoms with Crippen molar-refractivity contribution in [3.63, 3.8) is 0 Å². The molecule has 1 unspecified atom stereocenters. The summed E-state index contributed by atoms with van der Waals surface area (Å²) in [7, 11) is 2.90. The van der Waals surface area contributed by atoms with Gasteiger partial charge in [-0.15, -0.1) is 0 Å². The first-order valence-corrected chi connectivity index (χ1v) is 20.2. The molecule has 1 saturated heterocycles. The van der Waals surface area contributed by atoms with E-state index in [2.05, 4.69) is 0 Å². The minimum absolute atomic E-state index is 0.130. The average molecular weight is 839 g/mol. The van der Waals surface area contributed by atoms with E-state index in [0.717, 1.165) is 0 Å². The predicted octanol–water partition coefficient (Wildman–Crippen LogP) is 4.82. The van der Waals surface area contributed by atoms with Gasteiger partial charge in [-0.1, -0.05) is 104 Å². The third-order valence-electron chi connectivity index (χ3n) is 10.4. The van der Waals surface area contributed by atoms with Crippen molar-refractivity contribution in [3.05, 3.63) is 120 Å². The summed E-state index contributed by atoms with van der Waals surface area (Å²) in [4.78, 5) is 38.7. The van der Waals surface area contributed by atoms with E-state index in [9.17, 15) is 39.9 Å². The Morgan fingerprint density at radius 3 is 2.23 bits per heavy atom. The predicted molar refractivity (Wildman–Crippen MR) is 229 cm³/mol. The van der Waals surface area contributed by atoms with E-state index >= 15 is 0 Å².